The van der Waals surface area contributed by atoms with Crippen molar-refractivity contribution in [2.45, 2.75) is 0 Å². The number of hydrogen-bond acceptors (Lipinski definition) is 6. The maximum Gasteiger partial charge on any atom is 0.213 e. The van der Waals surface area contributed by atoms with Crippen LogP contribution >= 0.6 is 23.1 Å². The summed E-state index contributed by atoms with van der Waals surface area (Å²) in [5.41, 5.74) is 3.08. The smallest absolute Gasteiger partial charge is 0.213 e. The molecule has 6 rings (SSSR count). The van der Waals surface area contributed by atoms with E-state index >= 15 is 0 Å². The van der Waals surface area contributed by atoms with Gasteiger partial charge in [0.1, 0.15) is 11.0 Å². The first-order valence-corrected chi connectivity index (χ1v) is 9.12. The highest BCUT2D eigenvalue weighted by Gasteiger charge is 2.16. The topological polar surface area (TPSA) is 51.6 Å². The van der Waals surface area contributed by atoms with Crippen LogP contribution in [0.5, 0.6) is 0 Å². The van der Waals surface area contributed by atoms with Crippen molar-refractivity contribution in [1.29, 1.82) is 0 Å². The van der Waals surface area contributed by atoms with Gasteiger partial charge in [0.2, 0.25) is 11.3 Å². The van der Waals surface area contributed by atoms with Crippen LogP contribution < -0.4 is 0 Å². The van der Waals surface area contributed by atoms with Crippen molar-refractivity contribution >= 4 is 77.0 Å². The van der Waals surface area contributed by atoms with Crippen molar-refractivity contribution in [1.82, 2.24) is 18.7 Å². The highest BCUT2D eigenvalue weighted by atomic mass is 32.1. The molecule has 6 heteroatoms. The highest BCUT2D eigenvalue weighted by molar-refractivity contribution is 7.18. The van der Waals surface area contributed by atoms with Gasteiger partial charge in [-0.3, -0.25) is 0 Å². The van der Waals surface area contributed by atoms with Crippen LogP contribution in [-0.4, -0.2) is 18.7 Å². The van der Waals surface area contributed by atoms with E-state index < -0.39 is 0 Å². The van der Waals surface area contributed by atoms with Crippen molar-refractivity contribution in [2.75, 3.05) is 0 Å². The zero-order chi connectivity index (χ0) is 15.7. The third kappa shape index (κ3) is 1.52. The third-order valence-electron chi connectivity index (χ3n) is 4.45. The number of aromatic nitrogens is 4. The molecular weight excluding hydrogens is 336 g/mol. The maximum atomic E-state index is 4.83. The quantitative estimate of drug-likeness (QED) is 0.357. The molecule has 0 aliphatic heterocycles. The number of thiophene rings is 1. The zero-order valence-electron chi connectivity index (χ0n) is 12.2. The summed E-state index contributed by atoms with van der Waals surface area (Å²) in [7, 11) is 0. The lowest BCUT2D eigenvalue weighted by Gasteiger charge is -2.08. The lowest BCUT2D eigenvalue weighted by Crippen LogP contribution is -1.90. The van der Waals surface area contributed by atoms with Gasteiger partial charge in [-0.1, -0.05) is 36.4 Å². The van der Waals surface area contributed by atoms with Gasteiger partial charge < -0.3 is 0 Å². The molecule has 0 fully saturated rings. The zero-order valence-corrected chi connectivity index (χ0v) is 13.9. The number of rotatable bonds is 0. The summed E-state index contributed by atoms with van der Waals surface area (Å²) in [4.78, 5) is 9.61. The Bertz CT molecular complexity index is 1410. The summed E-state index contributed by atoms with van der Waals surface area (Å²) in [5.74, 6) is 0. The molecule has 0 spiro atoms. The van der Waals surface area contributed by atoms with Gasteiger partial charge in [0, 0.05) is 10.8 Å². The van der Waals surface area contributed by atoms with E-state index in [0.717, 1.165) is 32.8 Å². The van der Waals surface area contributed by atoms with Crippen LogP contribution in [0.3, 0.4) is 0 Å². The van der Waals surface area contributed by atoms with Gasteiger partial charge in [-0.2, -0.15) is 8.75 Å². The number of benzene rings is 3. The first-order chi connectivity index (χ1) is 11.9. The molecule has 0 aliphatic rings. The highest BCUT2D eigenvalue weighted by Crippen LogP contribution is 2.39. The molecule has 112 valence electrons. The Kier molecular flexibility index (Phi) is 2.34. The van der Waals surface area contributed by atoms with Gasteiger partial charge in [-0.05, 0) is 27.6 Å². The molecule has 24 heavy (non-hydrogen) atoms. The predicted octanol–water partition coefficient (Wildman–Crippen LogP) is 5.16. The molecule has 6 aromatic rings. The number of hydrogen-bond donors (Lipinski definition) is 0. The maximum absolute atomic E-state index is 4.83. The summed E-state index contributed by atoms with van der Waals surface area (Å²) in [6.07, 6.45) is 0. The predicted molar refractivity (Wildman–Crippen MR) is 101 cm³/mol. The summed E-state index contributed by atoms with van der Waals surface area (Å²) >= 11 is 2.86. The average Bonchev–Trinajstić information content (AvgIpc) is 3.28. The fourth-order valence-corrected chi connectivity index (χ4v) is 4.77. The summed E-state index contributed by atoms with van der Waals surface area (Å²) < 4.78 is 9.71. The van der Waals surface area contributed by atoms with Crippen molar-refractivity contribution in [3.63, 3.8) is 0 Å². The lowest BCUT2D eigenvalue weighted by atomic mass is 9.98. The summed E-state index contributed by atoms with van der Waals surface area (Å²) in [5, 5.41) is 8.11. The van der Waals surface area contributed by atoms with E-state index in [1.807, 2.05) is 0 Å². The minimum absolute atomic E-state index is 0.623. The first-order valence-electron chi connectivity index (χ1n) is 7.51. The SMILES string of the molecule is c1ccc2c(c1)ccc1c3ccsc3c3nc4nsnc4nc3c21. The third-order valence-corrected chi connectivity index (χ3v) is 5.88. The van der Waals surface area contributed by atoms with E-state index in [9.17, 15) is 0 Å². The van der Waals surface area contributed by atoms with Crippen LogP contribution in [0.1, 0.15) is 0 Å². The van der Waals surface area contributed by atoms with Crippen LogP contribution in [0.4, 0.5) is 0 Å². The van der Waals surface area contributed by atoms with E-state index in [1.54, 1.807) is 11.3 Å². The molecule has 0 atom stereocenters. The van der Waals surface area contributed by atoms with Gasteiger partial charge in [0.05, 0.1) is 16.4 Å². The van der Waals surface area contributed by atoms with Crippen LogP contribution in [0.15, 0.2) is 47.8 Å². The van der Waals surface area contributed by atoms with Crippen molar-refractivity contribution in [3.8, 4) is 0 Å². The van der Waals surface area contributed by atoms with E-state index in [4.69, 9.17) is 9.97 Å². The molecule has 0 saturated carbocycles. The molecule has 3 aromatic carbocycles. The van der Waals surface area contributed by atoms with Gasteiger partial charge >= 0.3 is 0 Å². The molecule has 3 heterocycles. The summed E-state index contributed by atoms with van der Waals surface area (Å²) in [6.45, 7) is 0. The monoisotopic (exact) mass is 344 g/mol. The molecule has 0 aliphatic carbocycles. The van der Waals surface area contributed by atoms with E-state index in [-0.39, 0.29) is 0 Å². The second kappa shape index (κ2) is 4.43. The molecular formula is C18H8N4S2. The number of nitrogens with zero attached hydrogens (tertiary/aromatic N) is 4. The molecule has 4 nitrogen and oxygen atoms in total. The minimum atomic E-state index is 0.623. The van der Waals surface area contributed by atoms with Crippen molar-refractivity contribution in [3.05, 3.63) is 47.8 Å². The fourth-order valence-electron chi connectivity index (χ4n) is 3.43. The summed E-state index contributed by atoms with van der Waals surface area (Å²) in [6, 6.07) is 15.0. The van der Waals surface area contributed by atoms with Crippen LogP contribution in [0, 0.1) is 0 Å². The minimum Gasteiger partial charge on any atom is -0.222 e. The Labute approximate surface area is 143 Å². The normalized spacial score (nSPS) is 12.2. The van der Waals surface area contributed by atoms with Crippen LogP contribution in [-0.2, 0) is 0 Å². The van der Waals surface area contributed by atoms with Gasteiger partial charge in [0.25, 0.3) is 0 Å². The van der Waals surface area contributed by atoms with Crippen LogP contribution in [0.2, 0.25) is 0 Å². The van der Waals surface area contributed by atoms with Crippen molar-refractivity contribution in [2.24, 2.45) is 0 Å². The Morgan fingerprint density at radius 3 is 2.46 bits per heavy atom. The molecule has 0 radical (unpaired) electrons. The molecule has 0 N–H and O–H groups in total. The molecule has 0 unspecified atom stereocenters. The lowest BCUT2D eigenvalue weighted by molar-refractivity contribution is 1.36. The van der Waals surface area contributed by atoms with E-state index in [1.165, 1.54) is 21.5 Å². The van der Waals surface area contributed by atoms with Crippen LogP contribution in [0.25, 0.3) is 54.0 Å². The van der Waals surface area contributed by atoms with E-state index in [0.29, 0.717) is 11.3 Å². The van der Waals surface area contributed by atoms with Gasteiger partial charge in [-0.25, -0.2) is 9.97 Å². The van der Waals surface area contributed by atoms with E-state index in [2.05, 4.69) is 56.6 Å². The molecule has 0 saturated heterocycles. The molecule has 0 bridgehead atoms. The largest absolute Gasteiger partial charge is 0.222 e. The average molecular weight is 344 g/mol. The Hall–Kier alpha value is -2.70. The second-order valence-electron chi connectivity index (χ2n) is 5.70. The molecule has 0 amide bonds. The fraction of sp³-hybridized carbons (Fsp3) is 0. The van der Waals surface area contributed by atoms with Gasteiger partial charge in [-0.15, -0.1) is 11.3 Å². The Morgan fingerprint density at radius 2 is 1.54 bits per heavy atom. The van der Waals surface area contributed by atoms with Crippen molar-refractivity contribution < 1.29 is 0 Å². The molecule has 3 aromatic heterocycles. The second-order valence-corrected chi connectivity index (χ2v) is 7.15. The standard InChI is InChI=1S/C18H8N4S2/c1-2-4-10-9(3-1)5-6-11-12-7-8-23-16(12)15-14(13(10)11)19-17-18(20-15)22-24-21-17/h1-8H. The van der Waals surface area contributed by atoms with Gasteiger partial charge in [0.15, 0.2) is 0 Å². The Balaban J connectivity index is 2.05. The number of fused-ring (bicyclic) bond motifs is 9. The first kappa shape index (κ1) is 12.7. The Morgan fingerprint density at radius 1 is 0.708 bits per heavy atom.